The highest BCUT2D eigenvalue weighted by molar-refractivity contribution is 6.01. The molecule has 0 aliphatic carbocycles. The monoisotopic (exact) mass is 403 g/mol. The van der Waals surface area contributed by atoms with Gasteiger partial charge in [0.15, 0.2) is 6.10 Å². The maximum atomic E-state index is 13.0. The standard InChI is InChI=1S/C23H21N3O4/c1-15-20(18(14-24)22(29-15)25-11-5-6-12-25)23(28)30-16(2)21(27)26-13-7-9-17-8-3-4-10-19(17)26/h3-6,8,10-12,16H,7,9,13H2,1-2H3/t16-/m0/s1. The van der Waals surface area contributed by atoms with Crippen molar-refractivity contribution >= 4 is 17.6 Å². The Hall–Kier alpha value is -3.79. The molecule has 152 valence electrons. The van der Waals surface area contributed by atoms with Gasteiger partial charge in [0.1, 0.15) is 23.0 Å². The number of para-hydroxylation sites is 1. The Kier molecular flexibility index (Phi) is 5.15. The van der Waals surface area contributed by atoms with Crippen LogP contribution in [-0.4, -0.2) is 29.1 Å². The first kappa shape index (κ1) is 19.5. The second-order valence-electron chi connectivity index (χ2n) is 7.19. The van der Waals surface area contributed by atoms with E-state index in [9.17, 15) is 14.9 Å². The zero-order chi connectivity index (χ0) is 21.3. The van der Waals surface area contributed by atoms with Crippen LogP contribution in [0.1, 0.15) is 40.6 Å². The van der Waals surface area contributed by atoms with E-state index in [-0.39, 0.29) is 28.7 Å². The highest BCUT2D eigenvalue weighted by atomic mass is 16.5. The number of aromatic nitrogens is 1. The zero-order valence-corrected chi connectivity index (χ0v) is 16.8. The third-order valence-corrected chi connectivity index (χ3v) is 5.23. The van der Waals surface area contributed by atoms with E-state index in [1.54, 1.807) is 47.8 Å². The van der Waals surface area contributed by atoms with Gasteiger partial charge in [-0.05, 0) is 50.5 Å². The van der Waals surface area contributed by atoms with E-state index in [2.05, 4.69) is 0 Å². The summed E-state index contributed by atoms with van der Waals surface area (Å²) in [6.07, 6.45) is 4.20. The number of benzene rings is 1. The molecule has 0 saturated heterocycles. The van der Waals surface area contributed by atoms with E-state index < -0.39 is 12.1 Å². The molecule has 1 atom stereocenters. The molecule has 0 N–H and O–H groups in total. The maximum absolute atomic E-state index is 13.0. The Labute approximate surface area is 174 Å². The lowest BCUT2D eigenvalue weighted by Crippen LogP contribution is -2.42. The van der Waals surface area contributed by atoms with Crippen LogP contribution in [0, 0.1) is 18.3 Å². The molecule has 3 aromatic rings. The van der Waals surface area contributed by atoms with Gasteiger partial charge in [-0.25, -0.2) is 4.79 Å². The van der Waals surface area contributed by atoms with Crippen LogP contribution in [0.5, 0.6) is 0 Å². The lowest BCUT2D eigenvalue weighted by atomic mass is 10.0. The quantitative estimate of drug-likeness (QED) is 0.619. The molecule has 1 aliphatic rings. The van der Waals surface area contributed by atoms with Gasteiger partial charge in [-0.3, -0.25) is 9.36 Å². The van der Waals surface area contributed by atoms with Gasteiger partial charge in [0.2, 0.25) is 5.88 Å². The number of furan rings is 1. The molecule has 1 aromatic carbocycles. The number of nitrogens with zero attached hydrogens (tertiary/aromatic N) is 3. The Morgan fingerprint density at radius 2 is 1.93 bits per heavy atom. The minimum absolute atomic E-state index is 0.0416. The number of carbonyl (C=O) groups excluding carboxylic acids is 2. The molecular formula is C23H21N3O4. The second-order valence-corrected chi connectivity index (χ2v) is 7.19. The number of ether oxygens (including phenoxy) is 1. The van der Waals surface area contributed by atoms with Crippen molar-refractivity contribution < 1.29 is 18.7 Å². The van der Waals surface area contributed by atoms with Crippen molar-refractivity contribution in [2.75, 3.05) is 11.4 Å². The number of aryl methyl sites for hydroxylation is 2. The van der Waals surface area contributed by atoms with E-state index in [0.29, 0.717) is 6.54 Å². The molecule has 0 fully saturated rings. The Morgan fingerprint density at radius 1 is 1.20 bits per heavy atom. The molecule has 1 aliphatic heterocycles. The molecular weight excluding hydrogens is 382 g/mol. The van der Waals surface area contributed by atoms with Crippen LogP contribution >= 0.6 is 0 Å². The highest BCUT2D eigenvalue weighted by Gasteiger charge is 2.31. The summed E-state index contributed by atoms with van der Waals surface area (Å²) in [6.45, 7) is 3.72. The normalized spacial score (nSPS) is 14.0. The number of hydrogen-bond donors (Lipinski definition) is 0. The molecule has 0 radical (unpaired) electrons. The Balaban J connectivity index is 1.57. The van der Waals surface area contributed by atoms with Gasteiger partial charge in [0.05, 0.1) is 0 Å². The number of rotatable bonds is 4. The number of anilines is 1. The van der Waals surface area contributed by atoms with Gasteiger partial charge in [-0.1, -0.05) is 18.2 Å². The number of hydrogen-bond acceptors (Lipinski definition) is 5. The molecule has 7 nitrogen and oxygen atoms in total. The summed E-state index contributed by atoms with van der Waals surface area (Å²) in [4.78, 5) is 27.5. The first-order valence-corrected chi connectivity index (χ1v) is 9.78. The van der Waals surface area contributed by atoms with Gasteiger partial charge >= 0.3 is 5.97 Å². The van der Waals surface area contributed by atoms with Gasteiger partial charge in [0, 0.05) is 24.6 Å². The van der Waals surface area contributed by atoms with E-state index in [0.717, 1.165) is 24.1 Å². The van der Waals surface area contributed by atoms with E-state index >= 15 is 0 Å². The highest BCUT2D eigenvalue weighted by Crippen LogP contribution is 2.29. The first-order valence-electron chi connectivity index (χ1n) is 9.78. The summed E-state index contributed by atoms with van der Waals surface area (Å²) < 4.78 is 12.7. The summed E-state index contributed by atoms with van der Waals surface area (Å²) in [6, 6.07) is 13.3. The lowest BCUT2D eigenvalue weighted by molar-refractivity contribution is -0.126. The maximum Gasteiger partial charge on any atom is 0.343 e. The fourth-order valence-electron chi connectivity index (χ4n) is 3.78. The molecule has 0 unspecified atom stereocenters. The fourth-order valence-corrected chi connectivity index (χ4v) is 3.78. The summed E-state index contributed by atoms with van der Waals surface area (Å²) in [5, 5.41) is 9.61. The van der Waals surface area contributed by atoms with Crippen LogP contribution in [0.15, 0.2) is 53.2 Å². The van der Waals surface area contributed by atoms with Crippen LogP contribution in [-0.2, 0) is 16.0 Å². The van der Waals surface area contributed by atoms with Crippen LogP contribution in [0.3, 0.4) is 0 Å². The van der Waals surface area contributed by atoms with Gasteiger partial charge in [-0.15, -0.1) is 0 Å². The fraction of sp³-hybridized carbons (Fsp3) is 0.261. The summed E-state index contributed by atoms with van der Waals surface area (Å²) in [5.41, 5.74) is 2.07. The average Bonchev–Trinajstić information content (AvgIpc) is 3.40. The number of esters is 1. The molecule has 0 spiro atoms. The number of fused-ring (bicyclic) bond motifs is 1. The number of nitriles is 1. The van der Waals surface area contributed by atoms with Gasteiger partial charge in [0.25, 0.3) is 5.91 Å². The predicted octanol–water partition coefficient (Wildman–Crippen LogP) is 3.78. The molecule has 1 amide bonds. The minimum atomic E-state index is -1.00. The molecule has 4 rings (SSSR count). The summed E-state index contributed by atoms with van der Waals surface area (Å²) in [5.74, 6) is -0.530. The Bertz CT molecular complexity index is 1140. The minimum Gasteiger partial charge on any atom is -0.449 e. The topological polar surface area (TPSA) is 88.5 Å². The van der Waals surface area contributed by atoms with E-state index in [4.69, 9.17) is 9.15 Å². The zero-order valence-electron chi connectivity index (χ0n) is 16.8. The van der Waals surface area contributed by atoms with E-state index in [1.165, 1.54) is 0 Å². The lowest BCUT2D eigenvalue weighted by Gasteiger charge is -2.31. The molecule has 0 bridgehead atoms. The SMILES string of the molecule is Cc1oc(-n2cccc2)c(C#N)c1C(=O)O[C@@H](C)C(=O)N1CCCc2ccccc21. The molecule has 0 saturated carbocycles. The molecule has 2 aromatic heterocycles. The first-order chi connectivity index (χ1) is 14.5. The van der Waals surface area contributed by atoms with Crippen molar-refractivity contribution in [1.29, 1.82) is 5.26 Å². The Morgan fingerprint density at radius 3 is 2.67 bits per heavy atom. The van der Waals surface area contributed by atoms with Crippen molar-refractivity contribution in [1.82, 2.24) is 4.57 Å². The summed E-state index contributed by atoms with van der Waals surface area (Å²) >= 11 is 0. The average molecular weight is 403 g/mol. The number of amides is 1. The smallest absolute Gasteiger partial charge is 0.343 e. The molecule has 3 heterocycles. The van der Waals surface area contributed by atoms with Crippen molar-refractivity contribution in [3.8, 4) is 12.0 Å². The van der Waals surface area contributed by atoms with Crippen LogP contribution in [0.4, 0.5) is 5.69 Å². The van der Waals surface area contributed by atoms with Crippen LogP contribution in [0.2, 0.25) is 0 Å². The van der Waals surface area contributed by atoms with Crippen molar-refractivity contribution in [3.63, 3.8) is 0 Å². The van der Waals surface area contributed by atoms with Crippen molar-refractivity contribution in [2.45, 2.75) is 32.8 Å². The third kappa shape index (κ3) is 3.37. The molecule has 30 heavy (non-hydrogen) atoms. The summed E-state index contributed by atoms with van der Waals surface area (Å²) in [7, 11) is 0. The second kappa shape index (κ2) is 7.91. The predicted molar refractivity (Wildman–Crippen MR) is 109 cm³/mol. The van der Waals surface area contributed by atoms with Crippen LogP contribution < -0.4 is 4.90 Å². The van der Waals surface area contributed by atoms with Crippen molar-refractivity contribution in [3.05, 3.63) is 71.2 Å². The van der Waals surface area contributed by atoms with E-state index in [1.807, 2.05) is 30.3 Å². The van der Waals surface area contributed by atoms with Gasteiger partial charge in [-0.2, -0.15) is 5.26 Å². The van der Waals surface area contributed by atoms with Crippen LogP contribution in [0.25, 0.3) is 5.88 Å². The third-order valence-electron chi connectivity index (χ3n) is 5.23. The van der Waals surface area contributed by atoms with Crippen molar-refractivity contribution in [2.24, 2.45) is 0 Å². The number of carbonyl (C=O) groups is 2. The largest absolute Gasteiger partial charge is 0.449 e. The molecule has 7 heteroatoms. The van der Waals surface area contributed by atoms with Gasteiger partial charge < -0.3 is 14.1 Å².